The molecule has 2 aromatic rings. The lowest BCUT2D eigenvalue weighted by molar-refractivity contribution is 0.134. The molecule has 5 N–H and O–H groups in total. The van der Waals surface area contributed by atoms with E-state index in [1.807, 2.05) is 0 Å². The third kappa shape index (κ3) is 3.39. The first-order valence-electron chi connectivity index (χ1n) is 9.11. The molecule has 0 saturated carbocycles. The third-order valence-corrected chi connectivity index (χ3v) is 6.40. The van der Waals surface area contributed by atoms with Crippen molar-refractivity contribution >= 4 is 23.4 Å². The molecule has 3 unspecified atom stereocenters. The van der Waals surface area contributed by atoms with Crippen LogP contribution < -0.4 is 16.8 Å². The Morgan fingerprint density at radius 3 is 2.54 bits per heavy atom. The highest BCUT2D eigenvalue weighted by Crippen LogP contribution is 2.48. The van der Waals surface area contributed by atoms with Crippen molar-refractivity contribution in [3.8, 4) is 0 Å². The van der Waals surface area contributed by atoms with E-state index >= 15 is 0 Å². The van der Waals surface area contributed by atoms with Crippen LogP contribution in [0, 0.1) is 11.8 Å². The van der Waals surface area contributed by atoms with Crippen LogP contribution in [0.1, 0.15) is 31.4 Å². The molecule has 1 saturated heterocycles. The van der Waals surface area contributed by atoms with Crippen molar-refractivity contribution in [2.45, 2.75) is 36.7 Å². The van der Waals surface area contributed by atoms with Gasteiger partial charge in [0.05, 0.1) is 4.90 Å². The minimum Gasteiger partial charge on any atom is -0.383 e. The summed E-state index contributed by atoms with van der Waals surface area (Å²) in [7, 11) is 0. The van der Waals surface area contributed by atoms with Crippen LogP contribution in [0.2, 0.25) is 0 Å². The van der Waals surface area contributed by atoms with Crippen LogP contribution in [0.5, 0.6) is 0 Å². The summed E-state index contributed by atoms with van der Waals surface area (Å²) in [6.45, 7) is 8.04. The number of thioether (sulfide) groups is 1. The Kier molecular flexibility index (Phi) is 4.54. The molecule has 1 fully saturated rings. The first kappa shape index (κ1) is 17.6. The maximum Gasteiger partial charge on any atom is 0.167 e. The Morgan fingerprint density at radius 2 is 1.88 bits per heavy atom. The Balaban J connectivity index is 1.47. The topological polar surface area (TPSA) is 93.1 Å². The summed E-state index contributed by atoms with van der Waals surface area (Å²) >= 11 is 1.47. The van der Waals surface area contributed by atoms with Crippen LogP contribution in [0.4, 0.5) is 11.6 Å². The zero-order valence-corrected chi connectivity index (χ0v) is 16.1. The van der Waals surface area contributed by atoms with Crippen LogP contribution in [-0.4, -0.2) is 28.0 Å². The molecule has 0 radical (unpaired) electrons. The van der Waals surface area contributed by atoms with Crippen LogP contribution in [0.15, 0.2) is 35.5 Å². The second kappa shape index (κ2) is 6.72. The van der Waals surface area contributed by atoms with Crippen molar-refractivity contribution in [2.75, 3.05) is 24.1 Å². The Morgan fingerprint density at radius 1 is 1.19 bits per heavy atom. The zero-order chi connectivity index (χ0) is 18.3. The molecule has 1 aromatic heterocycles. The lowest BCUT2D eigenvalue weighted by Gasteiger charge is -2.35. The van der Waals surface area contributed by atoms with Crippen molar-refractivity contribution < 1.29 is 0 Å². The van der Waals surface area contributed by atoms with E-state index in [1.165, 1.54) is 43.2 Å². The van der Waals surface area contributed by atoms with Gasteiger partial charge in [0.15, 0.2) is 4.99 Å². The number of fused-ring (bicyclic) bond motifs is 1. The highest BCUT2D eigenvalue weighted by atomic mass is 32.2. The summed E-state index contributed by atoms with van der Waals surface area (Å²) in [6.07, 6.45) is 2.79. The fourth-order valence-corrected chi connectivity index (χ4v) is 5.19. The molecule has 0 amide bonds. The number of hydrogen-bond acceptors (Lipinski definition) is 7. The Bertz CT molecular complexity index is 785. The van der Waals surface area contributed by atoms with Gasteiger partial charge < -0.3 is 11.1 Å². The third-order valence-electron chi connectivity index (χ3n) is 5.13. The number of nitrogens with two attached hydrogens (primary N) is 2. The maximum atomic E-state index is 6.59. The molecule has 3 heterocycles. The lowest BCUT2D eigenvalue weighted by atomic mass is 9.91. The van der Waals surface area contributed by atoms with E-state index in [4.69, 9.17) is 11.5 Å². The molecule has 4 rings (SSSR count). The smallest absolute Gasteiger partial charge is 0.167 e. The van der Waals surface area contributed by atoms with Gasteiger partial charge in [-0.1, -0.05) is 49.9 Å². The fraction of sp³-hybridized carbons (Fsp3) is 0.474. The summed E-state index contributed by atoms with van der Waals surface area (Å²) in [5, 5.41) is 3.28. The Hall–Kier alpha value is -1.83. The molecule has 0 spiro atoms. The number of rotatable bonds is 3. The molecule has 26 heavy (non-hydrogen) atoms. The van der Waals surface area contributed by atoms with Gasteiger partial charge in [-0.2, -0.15) is 0 Å². The van der Waals surface area contributed by atoms with E-state index in [-0.39, 0.29) is 0 Å². The molecule has 0 bridgehead atoms. The van der Waals surface area contributed by atoms with Crippen molar-refractivity contribution in [1.29, 1.82) is 0 Å². The quantitative estimate of drug-likeness (QED) is 0.765. The average molecular weight is 371 g/mol. The first-order chi connectivity index (χ1) is 12.4. The van der Waals surface area contributed by atoms with Crippen molar-refractivity contribution in [3.63, 3.8) is 0 Å². The van der Waals surface area contributed by atoms with Gasteiger partial charge in [0.2, 0.25) is 0 Å². The lowest BCUT2D eigenvalue weighted by Crippen LogP contribution is -2.39. The Labute approximate surface area is 158 Å². The maximum absolute atomic E-state index is 6.59. The van der Waals surface area contributed by atoms with Gasteiger partial charge in [-0.05, 0) is 23.8 Å². The van der Waals surface area contributed by atoms with Gasteiger partial charge in [0.1, 0.15) is 18.0 Å². The molecule has 7 heteroatoms. The summed E-state index contributed by atoms with van der Waals surface area (Å²) in [6, 6.07) is 8.55. The minimum absolute atomic E-state index is 0.463. The van der Waals surface area contributed by atoms with Gasteiger partial charge in [-0.25, -0.2) is 9.97 Å². The predicted octanol–water partition coefficient (Wildman–Crippen LogP) is 2.82. The number of hydrogen-bond donors (Lipinski definition) is 3. The second-order valence-electron chi connectivity index (χ2n) is 7.74. The van der Waals surface area contributed by atoms with E-state index in [1.54, 1.807) is 0 Å². The molecule has 3 atom stereocenters. The number of likely N-dealkylation sites (tertiary alicyclic amines) is 1. The molecule has 2 aliphatic rings. The number of aromatic nitrogens is 2. The normalized spacial score (nSPS) is 28.6. The average Bonchev–Trinajstić information content (AvgIpc) is 2.94. The summed E-state index contributed by atoms with van der Waals surface area (Å²) in [5.41, 5.74) is 14.9. The van der Waals surface area contributed by atoms with Crippen LogP contribution in [0.3, 0.4) is 0 Å². The van der Waals surface area contributed by atoms with Gasteiger partial charge in [0.25, 0.3) is 0 Å². The van der Waals surface area contributed by atoms with E-state index in [0.717, 1.165) is 28.8 Å². The standard InChI is InChI=1S/C19H26N6S/c1-12-7-13(2)9-25(8-12)10-14-3-5-15(6-4-14)19(21)24-18-16(26-19)17(20)22-11-23-18/h3-6,11-13H,7-10,21H2,1-2H3,(H3,20,22,23,24). The summed E-state index contributed by atoms with van der Waals surface area (Å²) in [4.78, 5) is 10.9. The monoisotopic (exact) mass is 370 g/mol. The van der Waals surface area contributed by atoms with Crippen LogP contribution in [-0.2, 0) is 11.5 Å². The predicted molar refractivity (Wildman–Crippen MR) is 106 cm³/mol. The molecule has 2 aliphatic heterocycles. The zero-order valence-electron chi connectivity index (χ0n) is 15.3. The van der Waals surface area contributed by atoms with E-state index in [0.29, 0.717) is 11.6 Å². The van der Waals surface area contributed by atoms with Gasteiger partial charge in [0, 0.05) is 25.2 Å². The van der Waals surface area contributed by atoms with Gasteiger partial charge in [-0.15, -0.1) is 0 Å². The SMILES string of the molecule is CC1CC(C)CN(Cc2ccc(C3(N)Nc4ncnc(N)c4S3)cc2)C1. The van der Waals surface area contributed by atoms with Crippen molar-refractivity contribution in [2.24, 2.45) is 17.6 Å². The van der Waals surface area contributed by atoms with E-state index in [2.05, 4.69) is 58.3 Å². The number of benzene rings is 1. The number of nitrogens with one attached hydrogen (secondary N) is 1. The molecule has 0 aliphatic carbocycles. The largest absolute Gasteiger partial charge is 0.383 e. The molecule has 6 nitrogen and oxygen atoms in total. The first-order valence-corrected chi connectivity index (χ1v) is 9.93. The summed E-state index contributed by atoms with van der Waals surface area (Å²) < 4.78 is 0. The molecular formula is C19H26N6S. The number of nitrogen functional groups attached to an aromatic ring is 1. The van der Waals surface area contributed by atoms with Gasteiger partial charge in [-0.3, -0.25) is 10.6 Å². The highest BCUT2D eigenvalue weighted by molar-refractivity contribution is 8.01. The molecular weight excluding hydrogens is 344 g/mol. The van der Waals surface area contributed by atoms with Crippen molar-refractivity contribution in [3.05, 3.63) is 41.7 Å². The molecule has 1 aromatic carbocycles. The number of nitrogens with zero attached hydrogens (tertiary/aromatic N) is 3. The van der Waals surface area contributed by atoms with E-state index < -0.39 is 4.99 Å². The fourth-order valence-electron chi connectivity index (χ4n) is 4.11. The molecule has 138 valence electrons. The highest BCUT2D eigenvalue weighted by Gasteiger charge is 2.38. The van der Waals surface area contributed by atoms with Crippen LogP contribution >= 0.6 is 11.8 Å². The second-order valence-corrected chi connectivity index (χ2v) is 8.99. The van der Waals surface area contributed by atoms with E-state index in [9.17, 15) is 0 Å². The number of anilines is 2. The summed E-state index contributed by atoms with van der Waals surface area (Å²) in [5.74, 6) is 2.71. The van der Waals surface area contributed by atoms with Crippen molar-refractivity contribution in [1.82, 2.24) is 14.9 Å². The minimum atomic E-state index is -0.765. The van der Waals surface area contributed by atoms with Crippen LogP contribution in [0.25, 0.3) is 0 Å². The number of piperidine rings is 1. The van der Waals surface area contributed by atoms with Gasteiger partial charge >= 0.3 is 0 Å².